The van der Waals surface area contributed by atoms with Crippen molar-refractivity contribution in [2.24, 2.45) is 46.3 Å². The highest BCUT2D eigenvalue weighted by Gasteiger charge is 2.16. The van der Waals surface area contributed by atoms with Crippen LogP contribution in [0, 0.1) is 70.0 Å². The number of nitriles is 1. The average Bonchev–Trinajstić information content (AvgIpc) is 3.28. The van der Waals surface area contributed by atoms with Crippen LogP contribution in [0.25, 0.3) is 0 Å². The normalized spacial score (nSPS) is 10.4. The summed E-state index contributed by atoms with van der Waals surface area (Å²) in [5.41, 5.74) is 1.03. The van der Waals surface area contributed by atoms with Crippen molar-refractivity contribution in [1.29, 1.82) is 5.26 Å². The van der Waals surface area contributed by atoms with Gasteiger partial charge >= 0.3 is 0 Å². The van der Waals surface area contributed by atoms with E-state index in [-0.39, 0.29) is 105 Å². The molecule has 0 aromatic carbocycles. The zero-order valence-electron chi connectivity index (χ0n) is 52.7. The van der Waals surface area contributed by atoms with E-state index in [0.29, 0.717) is 5.41 Å². The fraction of sp³-hybridized carbons (Fsp3) is 0.667. The minimum absolute atomic E-state index is 0.00565. The highest BCUT2D eigenvalue weighted by atomic mass is 35.5. The fourth-order valence-electron chi connectivity index (χ4n) is 2.39. The summed E-state index contributed by atoms with van der Waals surface area (Å²) in [4.78, 5) is 73.4. The second kappa shape index (κ2) is 52.2. The molecule has 0 aliphatic carbocycles. The Morgan fingerprint density at radius 1 is 0.610 bits per heavy atom. The van der Waals surface area contributed by atoms with E-state index in [1.807, 2.05) is 82.2 Å². The van der Waals surface area contributed by atoms with E-state index in [4.69, 9.17) is 23.3 Å². The van der Waals surface area contributed by atoms with Crippen LogP contribution >= 0.6 is 11.6 Å². The molecule has 13 nitrogen and oxygen atoms in total. The summed E-state index contributed by atoms with van der Waals surface area (Å²) < 4.78 is 56.4. The van der Waals surface area contributed by atoms with Crippen LogP contribution in [-0.4, -0.2) is 80.7 Å². The number of hydrogen-bond acceptors (Lipinski definition) is 12. The van der Waals surface area contributed by atoms with Gasteiger partial charge in [0.15, 0.2) is 27.2 Å². The highest BCUT2D eigenvalue weighted by Crippen LogP contribution is 2.12. The van der Waals surface area contributed by atoms with E-state index < -0.39 is 32.1 Å². The molecule has 0 atom stereocenters. The summed E-state index contributed by atoms with van der Waals surface area (Å²) in [6.45, 7) is 60.5. The minimum atomic E-state index is -3.26. The Labute approximate surface area is 476 Å². The lowest BCUT2D eigenvalue weighted by Crippen LogP contribution is -2.39. The summed E-state index contributed by atoms with van der Waals surface area (Å²) in [5, 5.41) is 9.57. The number of nitrogens with one attached hydrogen (secondary N) is 1. The Morgan fingerprint density at radius 3 is 1.00 bits per heavy atom. The first-order chi connectivity index (χ1) is 34.2. The van der Waals surface area contributed by atoms with E-state index in [0.717, 1.165) is 16.4 Å². The number of Topliss-reactive ketones (excluding diaryl/α,β-unsaturated/α-hetero) is 5. The van der Waals surface area contributed by atoms with Crippen molar-refractivity contribution in [3.8, 4) is 18.4 Å². The average molecular weight is 1150 g/mol. The van der Waals surface area contributed by atoms with Gasteiger partial charge in [-0.3, -0.25) is 33.6 Å². The van der Waals surface area contributed by atoms with Gasteiger partial charge < -0.3 is 0 Å². The van der Waals surface area contributed by atoms with Crippen LogP contribution in [0.1, 0.15) is 193 Å². The Morgan fingerprint density at radius 2 is 0.948 bits per heavy atom. The Kier molecular flexibility index (Phi) is 64.4. The van der Waals surface area contributed by atoms with Crippen LogP contribution in [-0.2, 0) is 53.4 Å². The predicted octanol–water partition coefficient (Wildman–Crippen LogP) is 14.2. The van der Waals surface area contributed by atoms with Crippen LogP contribution < -0.4 is 4.72 Å². The van der Waals surface area contributed by atoms with E-state index in [1.165, 1.54) is 13.0 Å². The van der Waals surface area contributed by atoms with Gasteiger partial charge in [0, 0.05) is 57.3 Å². The fourth-order valence-corrected chi connectivity index (χ4v) is 4.02. The Balaban J connectivity index is -0.0000000813. The summed E-state index contributed by atoms with van der Waals surface area (Å²) >= 11 is 5.20. The smallest absolute Gasteiger partial charge is 0.233 e. The van der Waals surface area contributed by atoms with Gasteiger partial charge in [-0.25, -0.2) is 25.9 Å². The number of sulfonamides is 1. The second-order valence-corrected chi connectivity index (χ2v) is 26.7. The third-order valence-electron chi connectivity index (χ3n) is 7.89. The van der Waals surface area contributed by atoms with Gasteiger partial charge in [-0.05, 0) is 93.7 Å². The van der Waals surface area contributed by atoms with Crippen molar-refractivity contribution in [3.63, 3.8) is 0 Å². The molecule has 0 aliphatic rings. The maximum absolute atomic E-state index is 11.3. The first kappa shape index (κ1) is 94.9. The third kappa shape index (κ3) is 94.4. The van der Waals surface area contributed by atoms with Crippen molar-refractivity contribution in [2.75, 3.05) is 12.6 Å². The van der Waals surface area contributed by atoms with Crippen molar-refractivity contribution >= 4 is 71.9 Å². The number of hydrogen-bond donors (Lipinski definition) is 1. The number of ketones is 7. The molecule has 1 N–H and O–H groups in total. The van der Waals surface area contributed by atoms with Gasteiger partial charge in [0.2, 0.25) is 10.0 Å². The number of carbonyl (C=O) groups excluding carboxylic acids is 7. The van der Waals surface area contributed by atoms with Gasteiger partial charge in [-0.15, -0.1) is 30.5 Å². The lowest BCUT2D eigenvalue weighted by atomic mass is 9.98. The molecule has 0 saturated carbocycles. The standard InChI is InChI=1S/C8H14O.C7H12O2.C6H13NO2S.C6H9NO.C6H10O.C6H12.C6H10.C5H9ClO.C5H9FO.C5H10O2S/c1-6(2)5-8(9)7(3)4;1-5(2)7(9)4-6(3)8;1-5-10(8,9)7-6(2,3)4;1-5(2)6(8)3-4-7;1-4-6(7)5(2)3;2*1-5-6(2,3)4;2*1-4(2)5(7)3-6;1-4-8(6,7)5(2)3/h5,7H,1-4H3;5H,4H2,1-3H3;5,7H,1H2,2-4H3;5H,3H2,1-2H3;4-5H,1H2,2-3H3;5H,1H2,2-4H3;1H,2-4H3;2*4H,3H2,1-2H3;4-5H,1H2,2-3H3. The first-order valence-corrected chi connectivity index (χ1v) is 29.0. The molecule has 0 saturated heterocycles. The zero-order chi connectivity index (χ0) is 64.6. The monoisotopic (exact) mass is 1150 g/mol. The molecular formula is C60H108ClFN2O11S2. The zero-order valence-corrected chi connectivity index (χ0v) is 55.1. The van der Waals surface area contributed by atoms with Gasteiger partial charge in [0.05, 0.1) is 30.0 Å². The molecule has 0 rings (SSSR count). The molecule has 0 aromatic rings. The van der Waals surface area contributed by atoms with Gasteiger partial charge in [-0.1, -0.05) is 135 Å². The van der Waals surface area contributed by atoms with Crippen molar-refractivity contribution in [2.45, 2.75) is 204 Å². The SMILES string of the molecule is C#CC(C)(C)C.C=CC(=O)C(C)C.C=CC(C)(C)C.C=CS(=O)(=O)C(C)C.C=CS(=O)(=O)NC(C)(C)C.CC(=O)CC(=O)C(C)C.CC(C)=CC(=O)C(C)C.CC(C)C(=O)CC#N.CC(C)C(=O)CCl.CC(C)C(=O)CF. The lowest BCUT2D eigenvalue weighted by molar-refractivity contribution is -0.128. The Hall–Kier alpha value is -4.48. The van der Waals surface area contributed by atoms with E-state index in [1.54, 1.807) is 88.3 Å². The molecular weight excluding hydrogens is 1040 g/mol. The number of alkyl halides is 2. The van der Waals surface area contributed by atoms with Crippen LogP contribution in [0.15, 0.2) is 60.9 Å². The van der Waals surface area contributed by atoms with E-state index >= 15 is 0 Å². The molecule has 17 heteroatoms. The molecule has 0 amide bonds. The van der Waals surface area contributed by atoms with Crippen molar-refractivity contribution in [3.05, 3.63) is 60.9 Å². The molecule has 0 unspecified atom stereocenters. The van der Waals surface area contributed by atoms with Crippen molar-refractivity contribution < 1.29 is 54.8 Å². The summed E-state index contributed by atoms with van der Waals surface area (Å²) in [7, 11) is -6.24. The van der Waals surface area contributed by atoms with Crippen LogP contribution in [0.4, 0.5) is 4.39 Å². The minimum Gasteiger partial charge on any atom is -0.300 e. The van der Waals surface area contributed by atoms with Gasteiger partial charge in [0.1, 0.15) is 29.8 Å². The summed E-state index contributed by atoms with van der Waals surface area (Å²) in [6.07, 6.45) is 10.2. The quantitative estimate of drug-likeness (QED) is 0.0472. The molecule has 450 valence electrons. The summed E-state index contributed by atoms with van der Waals surface area (Å²) in [5.74, 6) is 3.08. The Bertz CT molecular complexity index is 2040. The molecule has 0 fully saturated rings. The molecule has 0 heterocycles. The number of carbonyl (C=O) groups is 7. The second-order valence-electron chi connectivity index (χ2n) is 22.3. The number of halogens is 2. The molecule has 0 aliphatic heterocycles. The first-order valence-electron chi connectivity index (χ1n) is 25.3. The number of terminal acetylenes is 1. The molecule has 77 heavy (non-hydrogen) atoms. The van der Waals surface area contributed by atoms with Gasteiger partial charge in [0.25, 0.3) is 0 Å². The maximum Gasteiger partial charge on any atom is 0.233 e. The van der Waals surface area contributed by atoms with E-state index in [2.05, 4.69) is 57.7 Å². The van der Waals surface area contributed by atoms with E-state index in [9.17, 15) is 54.8 Å². The van der Waals surface area contributed by atoms with Crippen LogP contribution in [0.5, 0.6) is 0 Å². The molecule has 0 spiro atoms. The highest BCUT2D eigenvalue weighted by molar-refractivity contribution is 7.94. The number of nitrogens with zero attached hydrogens (tertiary/aromatic N) is 1. The summed E-state index contributed by atoms with van der Waals surface area (Å²) in [6, 6.07) is 1.80. The largest absolute Gasteiger partial charge is 0.300 e. The number of rotatable bonds is 17. The van der Waals surface area contributed by atoms with Crippen molar-refractivity contribution in [1.82, 2.24) is 4.72 Å². The molecule has 0 radical (unpaired) electrons. The van der Waals surface area contributed by atoms with Crippen LogP contribution in [0.2, 0.25) is 0 Å². The predicted molar refractivity (Wildman–Crippen MR) is 325 cm³/mol. The maximum atomic E-state index is 11.3. The molecule has 0 bridgehead atoms. The number of allylic oxidation sites excluding steroid dienone is 4. The third-order valence-corrected chi connectivity index (χ3v) is 11.3. The lowest BCUT2D eigenvalue weighted by Gasteiger charge is -2.18. The van der Waals surface area contributed by atoms with Crippen LogP contribution in [0.3, 0.4) is 0 Å². The molecule has 0 aromatic heterocycles. The topological polar surface area (TPSA) is 224 Å². The number of sulfone groups is 1. The van der Waals surface area contributed by atoms with Gasteiger partial charge in [-0.2, -0.15) is 5.26 Å².